The number of phenolic OH excluding ortho intramolecular Hbond substituents is 1. The maximum atomic E-state index is 12.2. The van der Waals surface area contributed by atoms with E-state index in [2.05, 4.69) is 89.4 Å². The Balaban J connectivity index is 2.19. The molecule has 0 aliphatic heterocycles. The van der Waals surface area contributed by atoms with Crippen LogP contribution < -0.4 is 5.73 Å². The first kappa shape index (κ1) is 24.6. The Morgan fingerprint density at radius 1 is 0.909 bits per heavy atom. The number of aromatic hydroxyl groups is 1. The molecule has 0 aliphatic carbocycles. The summed E-state index contributed by atoms with van der Waals surface area (Å²) in [6.45, 7) is 17.4. The molecule has 3 aromatic rings. The Morgan fingerprint density at radius 3 is 1.88 bits per heavy atom. The average molecular weight is 447 g/mol. The van der Waals surface area contributed by atoms with E-state index in [4.69, 9.17) is 5.73 Å². The molecule has 4 nitrogen and oxygen atoms in total. The van der Waals surface area contributed by atoms with Crippen molar-refractivity contribution in [2.24, 2.45) is 5.73 Å². The number of nitrogens with zero attached hydrogens (tertiary/aromatic N) is 1. The molecule has 0 saturated heterocycles. The number of hydrogen-bond acceptors (Lipinski definition) is 2. The molecule has 176 valence electrons. The highest BCUT2D eigenvalue weighted by Crippen LogP contribution is 2.42. The second-order valence-electron chi connectivity index (χ2n) is 11.2. The van der Waals surface area contributed by atoms with Gasteiger partial charge in [-0.2, -0.15) is 0 Å². The van der Waals surface area contributed by atoms with E-state index < -0.39 is 5.91 Å². The number of aromatic nitrogens is 1. The lowest BCUT2D eigenvalue weighted by atomic mass is 9.78. The van der Waals surface area contributed by atoms with E-state index in [1.165, 1.54) is 11.1 Å². The summed E-state index contributed by atoms with van der Waals surface area (Å²) < 4.78 is 2.19. The highest BCUT2D eigenvalue weighted by atomic mass is 16.3. The SMILES string of the molecule is Cc1ccc(CCn2c(-c3cc(C(C)(C)C)c(O)c(C(C)(C)C)c3)cc(C(N)=O)c2C)cc1. The second-order valence-corrected chi connectivity index (χ2v) is 11.2. The minimum absolute atomic E-state index is 0.235. The Bertz CT molecular complexity index is 1140. The number of amides is 1. The lowest BCUT2D eigenvalue weighted by Gasteiger charge is -2.28. The summed E-state index contributed by atoms with van der Waals surface area (Å²) >= 11 is 0. The number of carbonyl (C=O) groups excluding carboxylic acids is 1. The van der Waals surface area contributed by atoms with E-state index in [1.54, 1.807) is 0 Å². The first-order valence-corrected chi connectivity index (χ1v) is 11.6. The molecule has 0 unspecified atom stereocenters. The van der Waals surface area contributed by atoms with Crippen LogP contribution in [0.4, 0.5) is 0 Å². The van der Waals surface area contributed by atoms with Gasteiger partial charge in [-0.15, -0.1) is 0 Å². The predicted octanol–water partition coefficient (Wildman–Crippen LogP) is 6.41. The van der Waals surface area contributed by atoms with E-state index in [0.717, 1.165) is 41.0 Å². The number of carbonyl (C=O) groups is 1. The molecule has 0 radical (unpaired) electrons. The molecule has 4 heteroatoms. The van der Waals surface area contributed by atoms with Crippen molar-refractivity contribution in [3.8, 4) is 17.0 Å². The molecule has 2 aromatic carbocycles. The molecule has 0 aliphatic rings. The van der Waals surface area contributed by atoms with Gasteiger partial charge in [0, 0.05) is 29.1 Å². The normalized spacial score (nSPS) is 12.2. The molecule has 0 atom stereocenters. The van der Waals surface area contributed by atoms with E-state index in [-0.39, 0.29) is 10.8 Å². The maximum Gasteiger partial charge on any atom is 0.250 e. The fraction of sp³-hybridized carbons (Fsp3) is 0.414. The van der Waals surface area contributed by atoms with E-state index >= 15 is 0 Å². The molecular weight excluding hydrogens is 408 g/mol. The van der Waals surface area contributed by atoms with Crippen molar-refractivity contribution in [1.29, 1.82) is 0 Å². The van der Waals surface area contributed by atoms with Gasteiger partial charge in [-0.25, -0.2) is 0 Å². The van der Waals surface area contributed by atoms with Gasteiger partial charge in [-0.05, 0) is 60.4 Å². The van der Waals surface area contributed by atoms with Gasteiger partial charge in [0.1, 0.15) is 5.75 Å². The summed E-state index contributed by atoms with van der Waals surface area (Å²) in [4.78, 5) is 12.2. The third-order valence-electron chi connectivity index (χ3n) is 6.40. The van der Waals surface area contributed by atoms with Crippen LogP contribution in [0, 0.1) is 13.8 Å². The monoisotopic (exact) mass is 446 g/mol. The molecule has 1 amide bonds. The van der Waals surface area contributed by atoms with Crippen LogP contribution in [0.15, 0.2) is 42.5 Å². The first-order chi connectivity index (χ1) is 15.2. The van der Waals surface area contributed by atoms with Crippen molar-refractivity contribution in [2.75, 3.05) is 0 Å². The Hall–Kier alpha value is -3.01. The standard InChI is InChI=1S/C29H38N2O2/c1-18-9-11-20(12-10-18)13-14-31-19(2)22(27(30)33)17-25(31)21-15-23(28(3,4)5)26(32)24(16-21)29(6,7)8/h9-12,15-17,32H,13-14H2,1-8H3,(H2,30,33). The third kappa shape index (κ3) is 5.16. The summed E-state index contributed by atoms with van der Waals surface area (Å²) in [6.07, 6.45) is 0.845. The van der Waals surface area contributed by atoms with Gasteiger partial charge < -0.3 is 15.4 Å². The van der Waals surface area contributed by atoms with Crippen molar-refractivity contribution < 1.29 is 9.90 Å². The largest absolute Gasteiger partial charge is 0.507 e. The lowest BCUT2D eigenvalue weighted by molar-refractivity contribution is 0.0999. The van der Waals surface area contributed by atoms with Crippen molar-refractivity contribution in [1.82, 2.24) is 4.57 Å². The lowest BCUT2D eigenvalue weighted by Crippen LogP contribution is -2.17. The topological polar surface area (TPSA) is 68.2 Å². The third-order valence-corrected chi connectivity index (χ3v) is 6.40. The van der Waals surface area contributed by atoms with Gasteiger partial charge in [0.25, 0.3) is 5.91 Å². The number of benzene rings is 2. The quantitative estimate of drug-likeness (QED) is 0.475. The number of aryl methyl sites for hydroxylation is 2. The van der Waals surface area contributed by atoms with E-state index in [0.29, 0.717) is 11.3 Å². The first-order valence-electron chi connectivity index (χ1n) is 11.6. The van der Waals surface area contributed by atoms with Crippen LogP contribution in [-0.4, -0.2) is 15.6 Å². The summed E-state index contributed by atoms with van der Waals surface area (Å²) in [7, 11) is 0. The Labute approximate surface area is 198 Å². The second kappa shape index (κ2) is 8.74. The van der Waals surface area contributed by atoms with Gasteiger partial charge in [0.2, 0.25) is 0 Å². The number of rotatable bonds is 5. The van der Waals surface area contributed by atoms with Crippen LogP contribution in [0.5, 0.6) is 5.75 Å². The fourth-order valence-corrected chi connectivity index (χ4v) is 4.34. The average Bonchev–Trinajstić information content (AvgIpc) is 3.02. The minimum Gasteiger partial charge on any atom is -0.507 e. The van der Waals surface area contributed by atoms with Crippen LogP contribution in [0.2, 0.25) is 0 Å². The number of phenols is 1. The molecule has 3 rings (SSSR count). The van der Waals surface area contributed by atoms with Gasteiger partial charge >= 0.3 is 0 Å². The molecule has 3 N–H and O–H groups in total. The number of nitrogens with two attached hydrogens (primary N) is 1. The Kier molecular flexibility index (Phi) is 6.52. The van der Waals surface area contributed by atoms with Gasteiger partial charge in [0.05, 0.1) is 5.56 Å². The van der Waals surface area contributed by atoms with Gasteiger partial charge in [0.15, 0.2) is 0 Å². The molecule has 1 aromatic heterocycles. The molecule has 0 saturated carbocycles. The van der Waals surface area contributed by atoms with E-state index in [1.807, 2.05) is 13.0 Å². The molecule has 0 bridgehead atoms. The summed E-state index contributed by atoms with van der Waals surface area (Å²) in [5.74, 6) is -0.0722. The highest BCUT2D eigenvalue weighted by Gasteiger charge is 2.28. The van der Waals surface area contributed by atoms with Crippen molar-refractivity contribution in [3.63, 3.8) is 0 Å². The molecule has 1 heterocycles. The molecule has 33 heavy (non-hydrogen) atoms. The van der Waals surface area contributed by atoms with Gasteiger partial charge in [-0.1, -0.05) is 71.4 Å². The fourth-order valence-electron chi connectivity index (χ4n) is 4.34. The molecular formula is C29H38N2O2. The maximum absolute atomic E-state index is 12.2. The van der Waals surface area contributed by atoms with Crippen LogP contribution in [0.1, 0.15) is 79.8 Å². The highest BCUT2D eigenvalue weighted by molar-refractivity contribution is 5.95. The molecule has 0 spiro atoms. The minimum atomic E-state index is -0.422. The van der Waals surface area contributed by atoms with Crippen LogP contribution in [0.3, 0.4) is 0 Å². The number of hydrogen-bond donors (Lipinski definition) is 2. The Morgan fingerprint density at radius 2 is 1.42 bits per heavy atom. The zero-order chi connectivity index (χ0) is 24.7. The van der Waals surface area contributed by atoms with Crippen molar-refractivity contribution in [3.05, 3.63) is 76.0 Å². The smallest absolute Gasteiger partial charge is 0.250 e. The molecule has 0 fully saturated rings. The van der Waals surface area contributed by atoms with E-state index in [9.17, 15) is 9.90 Å². The summed E-state index contributed by atoms with van der Waals surface area (Å²) in [5.41, 5.74) is 12.9. The van der Waals surface area contributed by atoms with Crippen molar-refractivity contribution in [2.45, 2.75) is 79.2 Å². The number of primary amides is 1. The zero-order valence-electron chi connectivity index (χ0n) is 21.3. The van der Waals surface area contributed by atoms with Gasteiger partial charge in [-0.3, -0.25) is 4.79 Å². The van der Waals surface area contributed by atoms with Crippen LogP contribution in [0.25, 0.3) is 11.3 Å². The van der Waals surface area contributed by atoms with Crippen LogP contribution in [-0.2, 0) is 23.8 Å². The summed E-state index contributed by atoms with van der Waals surface area (Å²) in [5, 5.41) is 11.1. The van der Waals surface area contributed by atoms with Crippen molar-refractivity contribution >= 4 is 5.91 Å². The predicted molar refractivity (Wildman–Crippen MR) is 137 cm³/mol. The zero-order valence-corrected chi connectivity index (χ0v) is 21.3. The summed E-state index contributed by atoms with van der Waals surface area (Å²) in [6, 6.07) is 14.6. The van der Waals surface area contributed by atoms with Crippen LogP contribution >= 0.6 is 0 Å².